The Morgan fingerprint density at radius 3 is 2.38 bits per heavy atom. The van der Waals surface area contributed by atoms with E-state index in [2.05, 4.69) is 53.0 Å². The number of rotatable bonds is 9. The van der Waals surface area contributed by atoms with Crippen molar-refractivity contribution in [3.63, 3.8) is 0 Å². The van der Waals surface area contributed by atoms with E-state index in [9.17, 15) is 9.90 Å². The monoisotopic (exact) mass is 419 g/mol. The quantitative estimate of drug-likeness (QED) is 0.559. The van der Waals surface area contributed by atoms with Gasteiger partial charge >= 0.3 is 0 Å². The number of carbonyl (C=O) groups excluding carboxylic acids is 1. The Morgan fingerprint density at radius 2 is 1.83 bits per heavy atom. The topological polar surface area (TPSA) is 58.6 Å². The van der Waals surface area contributed by atoms with E-state index in [-0.39, 0.29) is 29.0 Å². The lowest BCUT2D eigenvalue weighted by Crippen LogP contribution is -2.47. The number of nitrogens with one attached hydrogen (secondary N) is 1. The van der Waals surface area contributed by atoms with Gasteiger partial charge in [-0.25, -0.2) is 0 Å². The lowest BCUT2D eigenvalue weighted by atomic mass is 9.90. The predicted molar refractivity (Wildman–Crippen MR) is 122 cm³/mol. The molecule has 1 aromatic carbocycles. The van der Waals surface area contributed by atoms with E-state index in [4.69, 9.17) is 4.43 Å². The molecule has 0 radical (unpaired) electrons. The average Bonchev–Trinajstić information content (AvgIpc) is 2.93. The summed E-state index contributed by atoms with van der Waals surface area (Å²) >= 11 is 0. The minimum atomic E-state index is -2.07. The molecule has 29 heavy (non-hydrogen) atoms. The van der Waals surface area contributed by atoms with Crippen LogP contribution in [0.4, 0.5) is 0 Å². The Hall–Kier alpha value is -1.17. The van der Waals surface area contributed by atoms with Gasteiger partial charge in [0, 0.05) is 6.04 Å². The number of hydrogen-bond acceptors (Lipinski definition) is 3. The molecule has 1 aliphatic heterocycles. The van der Waals surface area contributed by atoms with Crippen molar-refractivity contribution in [1.29, 1.82) is 0 Å². The van der Waals surface area contributed by atoms with Gasteiger partial charge in [0.2, 0.25) is 5.91 Å². The first kappa shape index (κ1) is 24.1. The minimum Gasteiger partial charge on any atom is -0.413 e. The van der Waals surface area contributed by atoms with Crippen LogP contribution in [0.15, 0.2) is 30.3 Å². The van der Waals surface area contributed by atoms with Crippen molar-refractivity contribution in [2.24, 2.45) is 11.8 Å². The van der Waals surface area contributed by atoms with Crippen LogP contribution in [0, 0.1) is 11.8 Å². The summed E-state index contributed by atoms with van der Waals surface area (Å²) in [6.45, 7) is 15.5. The molecule has 1 fully saturated rings. The first-order valence-corrected chi connectivity index (χ1v) is 14.0. The molecule has 1 aromatic rings. The molecule has 1 heterocycles. The van der Waals surface area contributed by atoms with E-state index in [0.717, 1.165) is 18.4 Å². The highest BCUT2D eigenvalue weighted by Crippen LogP contribution is 2.40. The fraction of sp³-hybridized carbons (Fsp3) is 0.708. The van der Waals surface area contributed by atoms with Gasteiger partial charge in [-0.1, -0.05) is 65.0 Å². The largest absolute Gasteiger partial charge is 0.413 e. The molecule has 4 nitrogen and oxygen atoms in total. The molecule has 2 N–H and O–H groups in total. The van der Waals surface area contributed by atoms with Crippen LogP contribution in [0.3, 0.4) is 0 Å². The Balaban J connectivity index is 2.16. The molecule has 0 bridgehead atoms. The molecule has 4 atom stereocenters. The fourth-order valence-electron chi connectivity index (χ4n) is 3.91. The van der Waals surface area contributed by atoms with E-state index in [1.54, 1.807) is 0 Å². The molecule has 1 amide bonds. The first-order chi connectivity index (χ1) is 13.4. The summed E-state index contributed by atoms with van der Waals surface area (Å²) in [4.78, 5) is 12.8. The second-order valence-corrected chi connectivity index (χ2v) is 15.4. The van der Waals surface area contributed by atoms with Crippen molar-refractivity contribution < 1.29 is 14.3 Å². The molecular formula is C24H41NO3Si. The van der Waals surface area contributed by atoms with Crippen LogP contribution >= 0.6 is 0 Å². The molecule has 0 aromatic heterocycles. The normalized spacial score (nSPS) is 22.6. The molecular weight excluding hydrogens is 378 g/mol. The number of benzene rings is 1. The molecule has 1 unspecified atom stereocenters. The Morgan fingerprint density at radius 1 is 1.21 bits per heavy atom. The second-order valence-electron chi connectivity index (χ2n) is 10.7. The Kier molecular flexibility index (Phi) is 8.11. The molecule has 5 heteroatoms. The number of hydrogen-bond donors (Lipinski definition) is 2. The van der Waals surface area contributed by atoms with E-state index >= 15 is 0 Å². The zero-order valence-electron chi connectivity index (χ0n) is 19.4. The number of aliphatic hydroxyl groups excluding tert-OH is 1. The third-order valence-corrected chi connectivity index (χ3v) is 11.0. The number of carbonyl (C=O) groups is 1. The van der Waals surface area contributed by atoms with Gasteiger partial charge in [0.15, 0.2) is 8.32 Å². The number of amides is 1. The van der Waals surface area contributed by atoms with Gasteiger partial charge in [-0.15, -0.1) is 0 Å². The van der Waals surface area contributed by atoms with E-state index in [0.29, 0.717) is 18.8 Å². The molecule has 0 aliphatic carbocycles. The standard InChI is InChI=1S/C24H41NO3Si/c1-17(2)13-19-15-21(23(27)25-19)22(28-29(6,7)24(3,4)5)16-20(26)14-18-11-9-8-10-12-18/h8-12,17,19-22,26H,13-16H2,1-7H3,(H,25,27)/t19-,20?,21+,22+/m0/s1. The van der Waals surface area contributed by atoms with Gasteiger partial charge in [0.05, 0.1) is 18.1 Å². The minimum absolute atomic E-state index is 0.0576. The molecule has 164 valence electrons. The van der Waals surface area contributed by atoms with Gasteiger partial charge in [-0.3, -0.25) is 4.79 Å². The van der Waals surface area contributed by atoms with Crippen LogP contribution in [0.1, 0.15) is 59.4 Å². The highest BCUT2D eigenvalue weighted by Gasteiger charge is 2.45. The summed E-state index contributed by atoms with van der Waals surface area (Å²) in [5.74, 6) is 0.451. The highest BCUT2D eigenvalue weighted by molar-refractivity contribution is 6.74. The smallest absolute Gasteiger partial charge is 0.225 e. The van der Waals surface area contributed by atoms with Gasteiger partial charge in [-0.05, 0) is 55.3 Å². The molecule has 0 spiro atoms. The number of aliphatic hydroxyl groups is 1. The molecule has 1 aliphatic rings. The van der Waals surface area contributed by atoms with E-state index in [1.807, 2.05) is 30.3 Å². The van der Waals surface area contributed by atoms with Crippen LogP contribution in [-0.4, -0.2) is 37.6 Å². The first-order valence-electron chi connectivity index (χ1n) is 11.1. The summed E-state index contributed by atoms with van der Waals surface area (Å²) in [5, 5.41) is 14.1. The zero-order chi connectivity index (χ0) is 21.8. The van der Waals surface area contributed by atoms with Crippen LogP contribution < -0.4 is 5.32 Å². The molecule has 1 saturated heterocycles. The van der Waals surface area contributed by atoms with Crippen molar-refractivity contribution in [1.82, 2.24) is 5.32 Å². The average molecular weight is 420 g/mol. The van der Waals surface area contributed by atoms with Crippen LogP contribution in [0.25, 0.3) is 0 Å². The van der Waals surface area contributed by atoms with Gasteiger partial charge in [0.25, 0.3) is 0 Å². The van der Waals surface area contributed by atoms with Crippen molar-refractivity contribution >= 4 is 14.2 Å². The summed E-state index contributed by atoms with van der Waals surface area (Å²) in [5.41, 5.74) is 1.11. The highest BCUT2D eigenvalue weighted by atomic mass is 28.4. The van der Waals surface area contributed by atoms with Crippen LogP contribution in [-0.2, 0) is 15.6 Å². The zero-order valence-corrected chi connectivity index (χ0v) is 20.4. The lowest BCUT2D eigenvalue weighted by molar-refractivity contribution is -0.125. The Labute approximate surface area is 178 Å². The maximum atomic E-state index is 12.8. The SMILES string of the molecule is CC(C)C[C@H]1C[C@H]([C@@H](CC(O)Cc2ccccc2)O[Si](C)(C)C(C)(C)C)C(=O)N1. The second kappa shape index (κ2) is 9.76. The van der Waals surface area contributed by atoms with Gasteiger partial charge < -0.3 is 14.8 Å². The lowest BCUT2D eigenvalue weighted by Gasteiger charge is -2.41. The van der Waals surface area contributed by atoms with Crippen molar-refractivity contribution in [2.75, 3.05) is 0 Å². The van der Waals surface area contributed by atoms with E-state index < -0.39 is 14.4 Å². The summed E-state index contributed by atoms with van der Waals surface area (Å²) in [6.07, 6.45) is 2.10. The predicted octanol–water partition coefficient (Wildman–Crippen LogP) is 4.92. The fourth-order valence-corrected chi connectivity index (χ4v) is 5.28. The molecule has 2 rings (SSSR count). The van der Waals surface area contributed by atoms with Crippen LogP contribution in [0.2, 0.25) is 18.1 Å². The van der Waals surface area contributed by atoms with Gasteiger partial charge in [0.1, 0.15) is 0 Å². The summed E-state index contributed by atoms with van der Waals surface area (Å²) < 4.78 is 6.74. The maximum Gasteiger partial charge on any atom is 0.225 e. The molecule has 0 saturated carbocycles. The van der Waals surface area contributed by atoms with Crippen molar-refractivity contribution in [2.45, 2.75) is 96.7 Å². The van der Waals surface area contributed by atoms with Crippen molar-refractivity contribution in [3.8, 4) is 0 Å². The third kappa shape index (κ3) is 6.94. The summed E-state index contributed by atoms with van der Waals surface area (Å²) in [7, 11) is -2.07. The Bertz CT molecular complexity index is 654. The van der Waals surface area contributed by atoms with Gasteiger partial charge in [-0.2, -0.15) is 0 Å². The van der Waals surface area contributed by atoms with Crippen molar-refractivity contribution in [3.05, 3.63) is 35.9 Å². The maximum absolute atomic E-state index is 12.8. The third-order valence-electron chi connectivity index (χ3n) is 6.50. The van der Waals surface area contributed by atoms with E-state index in [1.165, 1.54) is 0 Å². The summed E-state index contributed by atoms with van der Waals surface area (Å²) in [6, 6.07) is 10.3. The van der Waals surface area contributed by atoms with Crippen LogP contribution in [0.5, 0.6) is 0 Å².